The number of thiazole rings is 1. The molecule has 2 heterocycles. The lowest BCUT2D eigenvalue weighted by molar-refractivity contribution is 0.111. The summed E-state index contributed by atoms with van der Waals surface area (Å²) in [5.74, 6) is 1.23. The molecule has 0 atom stereocenters. The van der Waals surface area contributed by atoms with Crippen molar-refractivity contribution >= 4 is 22.6 Å². The molecule has 2 aromatic heterocycles. The molecule has 0 bridgehead atoms. The van der Waals surface area contributed by atoms with Gasteiger partial charge in [-0.25, -0.2) is 4.98 Å². The third-order valence-electron chi connectivity index (χ3n) is 4.24. The normalized spacial score (nSPS) is 10.8. The average molecular weight is 364 g/mol. The maximum Gasteiger partial charge on any atom is 0.195 e. The number of carbonyl (C=O) groups is 1. The lowest BCUT2D eigenvalue weighted by Gasteiger charge is -2.09. The summed E-state index contributed by atoms with van der Waals surface area (Å²) in [6, 6.07) is 15.5. The topological polar surface area (TPSA) is 52.8 Å². The van der Waals surface area contributed by atoms with Crippen molar-refractivity contribution in [1.29, 1.82) is 0 Å². The molecule has 0 aliphatic heterocycles. The highest BCUT2D eigenvalue weighted by Gasteiger charge is 2.19. The van der Waals surface area contributed by atoms with Gasteiger partial charge in [0.25, 0.3) is 0 Å². The second-order valence-corrected chi connectivity index (χ2v) is 6.47. The Labute approximate surface area is 154 Å². The lowest BCUT2D eigenvalue weighted by Crippen LogP contribution is -1.95. The largest absolute Gasteiger partial charge is 0.493 e. The first-order valence-corrected chi connectivity index (χ1v) is 8.87. The first kappa shape index (κ1) is 16.4. The van der Waals surface area contributed by atoms with Gasteiger partial charge in [-0.2, -0.15) is 0 Å². The van der Waals surface area contributed by atoms with E-state index in [-0.39, 0.29) is 0 Å². The molecule has 0 amide bonds. The summed E-state index contributed by atoms with van der Waals surface area (Å²) < 4.78 is 12.6. The number of carbonyl (C=O) groups excluding carboxylic acids is 1. The molecule has 26 heavy (non-hydrogen) atoms. The lowest BCUT2D eigenvalue weighted by atomic mass is 10.1. The van der Waals surface area contributed by atoms with Gasteiger partial charge in [-0.3, -0.25) is 9.20 Å². The van der Waals surface area contributed by atoms with Gasteiger partial charge in [0.2, 0.25) is 0 Å². The van der Waals surface area contributed by atoms with E-state index >= 15 is 0 Å². The van der Waals surface area contributed by atoms with E-state index in [2.05, 4.69) is 4.98 Å². The molecular formula is C20H16N2O3S. The summed E-state index contributed by atoms with van der Waals surface area (Å²) in [5, 5.41) is 2.02. The molecule has 0 unspecified atom stereocenters. The Bertz CT molecular complexity index is 1080. The number of imidazole rings is 1. The summed E-state index contributed by atoms with van der Waals surface area (Å²) in [6.07, 6.45) is 0.852. The first-order valence-electron chi connectivity index (χ1n) is 7.99. The zero-order valence-corrected chi connectivity index (χ0v) is 15.1. The number of fused-ring (bicyclic) bond motifs is 1. The van der Waals surface area contributed by atoms with Crippen molar-refractivity contribution in [2.24, 2.45) is 0 Å². The van der Waals surface area contributed by atoms with Crippen LogP contribution in [0.4, 0.5) is 0 Å². The van der Waals surface area contributed by atoms with Gasteiger partial charge >= 0.3 is 0 Å². The molecule has 0 N–H and O–H groups in total. The third-order valence-corrected chi connectivity index (χ3v) is 5.06. The molecule has 6 heteroatoms. The first-order chi connectivity index (χ1) is 12.8. The van der Waals surface area contributed by atoms with E-state index in [1.54, 1.807) is 14.2 Å². The number of methoxy groups -OCH3 is 2. The number of nitrogens with zero attached hydrogens (tertiary/aromatic N) is 2. The van der Waals surface area contributed by atoms with Crippen LogP contribution in [0.5, 0.6) is 11.5 Å². The van der Waals surface area contributed by atoms with Gasteiger partial charge in [0.1, 0.15) is 11.4 Å². The average Bonchev–Trinajstić information content (AvgIpc) is 3.27. The number of benzene rings is 2. The summed E-state index contributed by atoms with van der Waals surface area (Å²) in [7, 11) is 3.18. The van der Waals surface area contributed by atoms with Crippen molar-refractivity contribution in [3.63, 3.8) is 0 Å². The Morgan fingerprint density at radius 3 is 2.46 bits per heavy atom. The van der Waals surface area contributed by atoms with Crippen LogP contribution in [0.15, 0.2) is 53.9 Å². The molecular weight excluding hydrogens is 348 g/mol. The van der Waals surface area contributed by atoms with Gasteiger partial charge in [0.05, 0.1) is 19.9 Å². The monoisotopic (exact) mass is 364 g/mol. The SMILES string of the molecule is COc1ccc(-c2nc3scc(-c4ccccc4)n3c2C=O)cc1OC. The molecule has 0 radical (unpaired) electrons. The zero-order chi connectivity index (χ0) is 18.1. The number of rotatable bonds is 5. The fourth-order valence-corrected chi connectivity index (χ4v) is 3.90. The van der Waals surface area contributed by atoms with Crippen LogP contribution in [-0.2, 0) is 0 Å². The van der Waals surface area contributed by atoms with Crippen molar-refractivity contribution in [2.75, 3.05) is 14.2 Å². The van der Waals surface area contributed by atoms with Gasteiger partial charge in [-0.05, 0) is 23.8 Å². The number of aromatic nitrogens is 2. The summed E-state index contributed by atoms with van der Waals surface area (Å²) in [6.45, 7) is 0. The Balaban J connectivity index is 1.92. The Morgan fingerprint density at radius 2 is 1.77 bits per heavy atom. The van der Waals surface area contributed by atoms with Crippen LogP contribution in [-0.4, -0.2) is 29.9 Å². The predicted molar refractivity (Wildman–Crippen MR) is 102 cm³/mol. The van der Waals surface area contributed by atoms with Gasteiger partial charge in [-0.15, -0.1) is 11.3 Å². The predicted octanol–water partition coefficient (Wildman–Crippen LogP) is 4.56. The highest BCUT2D eigenvalue weighted by atomic mass is 32.1. The Hall–Kier alpha value is -3.12. The molecule has 130 valence electrons. The molecule has 4 rings (SSSR count). The molecule has 0 aliphatic carbocycles. The van der Waals surface area contributed by atoms with Crippen LogP contribution in [0.2, 0.25) is 0 Å². The van der Waals surface area contributed by atoms with Crippen LogP contribution in [0, 0.1) is 0 Å². The van der Waals surface area contributed by atoms with Gasteiger partial charge < -0.3 is 9.47 Å². The van der Waals surface area contributed by atoms with Crippen LogP contribution >= 0.6 is 11.3 Å². The summed E-state index contributed by atoms with van der Waals surface area (Å²) in [5.41, 5.74) is 3.95. The molecule has 0 fully saturated rings. The minimum atomic E-state index is 0.521. The van der Waals surface area contributed by atoms with Gasteiger partial charge in [0, 0.05) is 10.9 Å². The van der Waals surface area contributed by atoms with Gasteiger partial charge in [0.15, 0.2) is 22.7 Å². The molecule has 0 saturated heterocycles. The number of ether oxygens (including phenoxy) is 2. The summed E-state index contributed by atoms with van der Waals surface area (Å²) >= 11 is 1.51. The van der Waals surface area contributed by atoms with E-state index < -0.39 is 0 Å². The van der Waals surface area contributed by atoms with E-state index in [9.17, 15) is 4.79 Å². The van der Waals surface area contributed by atoms with Crippen molar-refractivity contribution in [3.8, 4) is 34.0 Å². The highest BCUT2D eigenvalue weighted by molar-refractivity contribution is 7.15. The number of aldehydes is 1. The Morgan fingerprint density at radius 1 is 1.00 bits per heavy atom. The minimum absolute atomic E-state index is 0.521. The molecule has 0 aliphatic rings. The number of hydrogen-bond acceptors (Lipinski definition) is 5. The van der Waals surface area contributed by atoms with Crippen LogP contribution in [0.3, 0.4) is 0 Å². The van der Waals surface area contributed by atoms with Crippen molar-refractivity contribution < 1.29 is 14.3 Å². The van der Waals surface area contributed by atoms with E-state index in [0.717, 1.165) is 28.1 Å². The van der Waals surface area contributed by atoms with E-state index in [1.165, 1.54) is 11.3 Å². The fourth-order valence-electron chi connectivity index (χ4n) is 3.00. The minimum Gasteiger partial charge on any atom is -0.493 e. The second kappa shape index (κ2) is 6.65. The molecule has 0 saturated carbocycles. The van der Waals surface area contributed by atoms with Crippen molar-refractivity contribution in [3.05, 3.63) is 59.6 Å². The third kappa shape index (κ3) is 2.55. The van der Waals surface area contributed by atoms with Crippen molar-refractivity contribution in [2.45, 2.75) is 0 Å². The van der Waals surface area contributed by atoms with E-state index in [0.29, 0.717) is 22.9 Å². The van der Waals surface area contributed by atoms with E-state index in [4.69, 9.17) is 9.47 Å². The Kier molecular flexibility index (Phi) is 4.18. The maximum atomic E-state index is 11.9. The van der Waals surface area contributed by atoms with E-state index in [1.807, 2.05) is 58.3 Å². The highest BCUT2D eigenvalue weighted by Crippen LogP contribution is 2.36. The zero-order valence-electron chi connectivity index (χ0n) is 14.3. The van der Waals surface area contributed by atoms with Crippen molar-refractivity contribution in [1.82, 2.24) is 9.38 Å². The molecule has 5 nitrogen and oxygen atoms in total. The van der Waals surface area contributed by atoms with Gasteiger partial charge in [-0.1, -0.05) is 30.3 Å². The van der Waals surface area contributed by atoms with Crippen LogP contribution in [0.1, 0.15) is 10.5 Å². The summed E-state index contributed by atoms with van der Waals surface area (Å²) in [4.78, 5) is 17.4. The molecule has 0 spiro atoms. The standard InChI is InChI=1S/C20H16N2O3S/c1-24-17-9-8-14(10-18(17)25-2)19-15(11-23)22-16(12-26-20(22)21-19)13-6-4-3-5-7-13/h3-12H,1-2H3. The molecule has 2 aromatic carbocycles. The fraction of sp³-hybridized carbons (Fsp3) is 0.100. The molecule has 4 aromatic rings. The quantitative estimate of drug-likeness (QED) is 0.487. The van der Waals surface area contributed by atoms with Crippen LogP contribution < -0.4 is 9.47 Å². The number of hydrogen-bond donors (Lipinski definition) is 0. The maximum absolute atomic E-state index is 11.9. The smallest absolute Gasteiger partial charge is 0.195 e. The second-order valence-electron chi connectivity index (χ2n) is 5.64. The van der Waals surface area contributed by atoms with Crippen LogP contribution in [0.25, 0.3) is 27.5 Å².